The van der Waals surface area contributed by atoms with Crippen LogP contribution in [0.25, 0.3) is 0 Å². The maximum absolute atomic E-state index is 13.2. The van der Waals surface area contributed by atoms with Crippen molar-refractivity contribution in [3.63, 3.8) is 0 Å². The minimum atomic E-state index is -0.235. The van der Waals surface area contributed by atoms with Crippen LogP contribution in [0.5, 0.6) is 0 Å². The predicted molar refractivity (Wildman–Crippen MR) is 87.2 cm³/mol. The van der Waals surface area contributed by atoms with Gasteiger partial charge in [-0.3, -0.25) is 9.69 Å². The van der Waals surface area contributed by atoms with Crippen LogP contribution < -0.4 is 0 Å². The van der Waals surface area contributed by atoms with Gasteiger partial charge in [0.05, 0.1) is 0 Å². The van der Waals surface area contributed by atoms with Gasteiger partial charge in [0.15, 0.2) is 0 Å². The first kappa shape index (κ1) is 16.9. The molecule has 1 saturated heterocycles. The van der Waals surface area contributed by atoms with Crippen molar-refractivity contribution in [3.8, 4) is 0 Å². The summed E-state index contributed by atoms with van der Waals surface area (Å²) in [7, 11) is 0. The molecule has 122 valence electrons. The zero-order valence-electron chi connectivity index (χ0n) is 13.9. The molecular formula is C18H27FN2O. The zero-order chi connectivity index (χ0) is 16.1. The summed E-state index contributed by atoms with van der Waals surface area (Å²) >= 11 is 0. The summed E-state index contributed by atoms with van der Waals surface area (Å²) in [6.45, 7) is 9.17. The maximum atomic E-state index is 13.2. The summed E-state index contributed by atoms with van der Waals surface area (Å²) in [4.78, 5) is 16.9. The molecule has 1 amide bonds. The Hall–Kier alpha value is -1.42. The van der Waals surface area contributed by atoms with Crippen molar-refractivity contribution in [3.05, 3.63) is 35.6 Å². The number of nitrogens with zero attached hydrogens (tertiary/aromatic N) is 2. The molecule has 1 aromatic rings. The molecule has 0 bridgehead atoms. The molecule has 4 heteroatoms. The van der Waals surface area contributed by atoms with E-state index in [4.69, 9.17) is 0 Å². The second kappa shape index (κ2) is 7.73. The van der Waals surface area contributed by atoms with E-state index in [-0.39, 0.29) is 11.7 Å². The highest BCUT2D eigenvalue weighted by atomic mass is 19.1. The molecule has 2 rings (SSSR count). The van der Waals surface area contributed by atoms with E-state index >= 15 is 0 Å². The van der Waals surface area contributed by atoms with E-state index in [1.54, 1.807) is 6.07 Å². The van der Waals surface area contributed by atoms with Crippen molar-refractivity contribution in [1.29, 1.82) is 0 Å². The number of hydrogen-bond acceptors (Lipinski definition) is 2. The van der Waals surface area contributed by atoms with Gasteiger partial charge in [-0.15, -0.1) is 0 Å². The SMILES string of the molecule is CC[C@H]1CN(C(=O)CCc2cccc(F)c2)CCN1C(C)C. The first-order chi connectivity index (χ1) is 10.5. The van der Waals surface area contributed by atoms with Crippen molar-refractivity contribution in [2.75, 3.05) is 19.6 Å². The molecule has 0 unspecified atom stereocenters. The molecule has 0 radical (unpaired) electrons. The van der Waals surface area contributed by atoms with Crippen molar-refractivity contribution in [2.24, 2.45) is 0 Å². The average Bonchev–Trinajstić information content (AvgIpc) is 2.51. The van der Waals surface area contributed by atoms with Crippen molar-refractivity contribution in [2.45, 2.75) is 52.1 Å². The summed E-state index contributed by atoms with van der Waals surface area (Å²) in [6, 6.07) is 7.49. The Kier molecular flexibility index (Phi) is 5.95. The second-order valence-corrected chi connectivity index (χ2v) is 6.36. The van der Waals surface area contributed by atoms with E-state index in [1.165, 1.54) is 12.1 Å². The number of amides is 1. The molecule has 1 aromatic carbocycles. The van der Waals surface area contributed by atoms with Gasteiger partial charge in [0.25, 0.3) is 0 Å². The molecule has 1 heterocycles. The van der Waals surface area contributed by atoms with Crippen LogP contribution in [0.4, 0.5) is 4.39 Å². The fourth-order valence-electron chi connectivity index (χ4n) is 3.24. The van der Waals surface area contributed by atoms with Crippen LogP contribution in [0, 0.1) is 5.82 Å². The lowest BCUT2D eigenvalue weighted by Crippen LogP contribution is -2.56. The summed E-state index contributed by atoms with van der Waals surface area (Å²) in [5.74, 6) is -0.0485. The van der Waals surface area contributed by atoms with Crippen LogP contribution in [0.3, 0.4) is 0 Å². The fourth-order valence-corrected chi connectivity index (χ4v) is 3.24. The van der Waals surface area contributed by atoms with E-state index in [9.17, 15) is 9.18 Å². The molecular weight excluding hydrogens is 279 g/mol. The van der Waals surface area contributed by atoms with E-state index < -0.39 is 0 Å². The van der Waals surface area contributed by atoms with Gasteiger partial charge in [-0.1, -0.05) is 19.1 Å². The number of carbonyl (C=O) groups is 1. The number of carbonyl (C=O) groups excluding carboxylic acids is 1. The molecule has 0 aliphatic carbocycles. The molecule has 0 saturated carbocycles. The molecule has 0 spiro atoms. The monoisotopic (exact) mass is 306 g/mol. The van der Waals surface area contributed by atoms with Crippen LogP contribution >= 0.6 is 0 Å². The molecule has 3 nitrogen and oxygen atoms in total. The minimum Gasteiger partial charge on any atom is -0.340 e. The summed E-state index contributed by atoms with van der Waals surface area (Å²) in [5.41, 5.74) is 0.890. The summed E-state index contributed by atoms with van der Waals surface area (Å²) in [6.07, 6.45) is 2.13. The van der Waals surface area contributed by atoms with Gasteiger partial charge in [0, 0.05) is 38.1 Å². The number of hydrogen-bond donors (Lipinski definition) is 0. The number of benzene rings is 1. The van der Waals surface area contributed by atoms with E-state index in [0.29, 0.717) is 24.9 Å². The van der Waals surface area contributed by atoms with Crippen molar-refractivity contribution >= 4 is 5.91 Å². The molecule has 0 N–H and O–H groups in total. The van der Waals surface area contributed by atoms with Crippen molar-refractivity contribution in [1.82, 2.24) is 9.80 Å². The normalized spacial score (nSPS) is 19.7. The van der Waals surface area contributed by atoms with Crippen LogP contribution in [0.15, 0.2) is 24.3 Å². The maximum Gasteiger partial charge on any atom is 0.222 e. The van der Waals surface area contributed by atoms with Crippen LogP contribution in [-0.2, 0) is 11.2 Å². The summed E-state index contributed by atoms with van der Waals surface area (Å²) in [5, 5.41) is 0. The Labute approximate surface area is 133 Å². The smallest absolute Gasteiger partial charge is 0.222 e. The highest BCUT2D eigenvalue weighted by Gasteiger charge is 2.29. The molecule has 1 fully saturated rings. The largest absolute Gasteiger partial charge is 0.340 e. The van der Waals surface area contributed by atoms with Crippen molar-refractivity contribution < 1.29 is 9.18 Å². The highest BCUT2D eigenvalue weighted by molar-refractivity contribution is 5.76. The topological polar surface area (TPSA) is 23.6 Å². The van der Waals surface area contributed by atoms with Gasteiger partial charge in [-0.25, -0.2) is 4.39 Å². The highest BCUT2D eigenvalue weighted by Crippen LogP contribution is 2.17. The number of rotatable bonds is 5. The Morgan fingerprint density at radius 3 is 2.77 bits per heavy atom. The average molecular weight is 306 g/mol. The fraction of sp³-hybridized carbons (Fsp3) is 0.611. The third-order valence-electron chi connectivity index (χ3n) is 4.53. The van der Waals surface area contributed by atoms with Crippen LogP contribution in [-0.4, -0.2) is 47.4 Å². The first-order valence-corrected chi connectivity index (χ1v) is 8.29. The Bertz CT molecular complexity index is 504. The zero-order valence-corrected chi connectivity index (χ0v) is 13.9. The van der Waals surface area contributed by atoms with Gasteiger partial charge in [-0.2, -0.15) is 0 Å². The third-order valence-corrected chi connectivity index (χ3v) is 4.53. The Morgan fingerprint density at radius 2 is 2.14 bits per heavy atom. The van der Waals surface area contributed by atoms with Crippen LogP contribution in [0.2, 0.25) is 0 Å². The number of piperazine rings is 1. The lowest BCUT2D eigenvalue weighted by molar-refractivity contribution is -0.134. The quantitative estimate of drug-likeness (QED) is 0.834. The van der Waals surface area contributed by atoms with Crippen LogP contribution in [0.1, 0.15) is 39.2 Å². The van der Waals surface area contributed by atoms with Gasteiger partial charge < -0.3 is 4.90 Å². The molecule has 0 aromatic heterocycles. The molecule has 1 aliphatic heterocycles. The van der Waals surface area contributed by atoms with E-state index in [1.807, 2.05) is 11.0 Å². The van der Waals surface area contributed by atoms with Gasteiger partial charge >= 0.3 is 0 Å². The van der Waals surface area contributed by atoms with Gasteiger partial charge in [0.2, 0.25) is 5.91 Å². The summed E-state index contributed by atoms with van der Waals surface area (Å²) < 4.78 is 13.2. The molecule has 1 aliphatic rings. The first-order valence-electron chi connectivity index (χ1n) is 8.29. The Morgan fingerprint density at radius 1 is 1.36 bits per heavy atom. The van der Waals surface area contributed by atoms with Gasteiger partial charge in [0.1, 0.15) is 5.82 Å². The standard InChI is InChI=1S/C18H27FN2O/c1-4-17-13-20(10-11-21(17)14(2)3)18(22)9-8-15-6-5-7-16(19)12-15/h5-7,12,14,17H,4,8-11,13H2,1-3H3/t17-/m0/s1. The second-order valence-electron chi connectivity index (χ2n) is 6.36. The predicted octanol–water partition coefficient (Wildman–Crippen LogP) is 3.09. The van der Waals surface area contributed by atoms with Gasteiger partial charge in [-0.05, 0) is 44.4 Å². The molecule has 22 heavy (non-hydrogen) atoms. The number of aryl methyl sites for hydroxylation is 1. The minimum absolute atomic E-state index is 0.186. The number of halogens is 1. The lowest BCUT2D eigenvalue weighted by Gasteiger charge is -2.43. The molecule has 1 atom stereocenters. The third kappa shape index (κ3) is 4.29. The van der Waals surface area contributed by atoms with E-state index in [0.717, 1.165) is 31.6 Å². The van der Waals surface area contributed by atoms with E-state index in [2.05, 4.69) is 25.7 Å². The Balaban J connectivity index is 1.88. The lowest BCUT2D eigenvalue weighted by atomic mass is 10.1.